The summed E-state index contributed by atoms with van der Waals surface area (Å²) in [6.07, 6.45) is 8.04. The number of rotatable bonds is 5. The maximum Gasteiger partial charge on any atom is 0.277 e. The van der Waals surface area contributed by atoms with Crippen LogP contribution in [-0.4, -0.2) is 27.6 Å². The second kappa shape index (κ2) is 6.42. The third kappa shape index (κ3) is 3.01. The molecule has 5 aliphatic rings. The molecule has 150 valence electrons. The van der Waals surface area contributed by atoms with Crippen molar-refractivity contribution in [2.45, 2.75) is 55.6 Å². The second-order valence-corrected chi connectivity index (χ2v) is 10.3. The Hall–Kier alpha value is -2.15. The minimum Gasteiger partial charge on any atom is -0.415 e. The fourth-order valence-corrected chi connectivity index (χ4v) is 7.13. The van der Waals surface area contributed by atoms with E-state index in [-0.39, 0.29) is 22.9 Å². The Labute approximate surface area is 173 Å². The number of carbonyl (C=O) groups is 2. The van der Waals surface area contributed by atoms with Crippen molar-refractivity contribution in [1.29, 1.82) is 0 Å². The molecule has 0 saturated heterocycles. The third-order valence-electron chi connectivity index (χ3n) is 7.28. The van der Waals surface area contributed by atoms with Crippen LogP contribution in [0.15, 0.2) is 27.8 Å². The molecule has 4 aliphatic carbocycles. The van der Waals surface area contributed by atoms with E-state index in [1.807, 2.05) is 6.07 Å². The number of Topliss-reactive ketones (excluding diaryl/α,β-unsaturated/α-hetero) is 1. The number of thioether (sulfide) groups is 1. The van der Waals surface area contributed by atoms with Crippen LogP contribution in [-0.2, 0) is 16.6 Å². The molecular weight excluding hydrogens is 386 g/mol. The van der Waals surface area contributed by atoms with Gasteiger partial charge in [-0.05, 0) is 80.0 Å². The third-order valence-corrected chi connectivity index (χ3v) is 8.10. The van der Waals surface area contributed by atoms with Crippen LogP contribution in [0.4, 0.5) is 5.69 Å². The Bertz CT molecular complexity index is 979. The lowest BCUT2D eigenvalue weighted by molar-refractivity contribution is -0.115. The van der Waals surface area contributed by atoms with Crippen molar-refractivity contribution < 1.29 is 14.0 Å². The van der Waals surface area contributed by atoms with Gasteiger partial charge in [0.25, 0.3) is 5.22 Å². The van der Waals surface area contributed by atoms with E-state index < -0.39 is 0 Å². The summed E-state index contributed by atoms with van der Waals surface area (Å²) in [4.78, 5) is 24.1. The number of carbonyl (C=O) groups excluding carboxylic acids is 2. The normalized spacial score (nSPS) is 31.7. The predicted octanol–water partition coefficient (Wildman–Crippen LogP) is 4.01. The summed E-state index contributed by atoms with van der Waals surface area (Å²) in [6.45, 7) is 0. The number of hydrogen-bond acceptors (Lipinski definition) is 6. The van der Waals surface area contributed by atoms with Gasteiger partial charge in [0, 0.05) is 16.7 Å². The first-order valence-electron chi connectivity index (χ1n) is 10.5. The van der Waals surface area contributed by atoms with Crippen LogP contribution in [0.25, 0.3) is 0 Å². The fourth-order valence-electron chi connectivity index (χ4n) is 6.47. The van der Waals surface area contributed by atoms with Crippen molar-refractivity contribution in [1.82, 2.24) is 10.2 Å². The maximum absolute atomic E-state index is 12.6. The van der Waals surface area contributed by atoms with Gasteiger partial charge in [-0.3, -0.25) is 9.59 Å². The second-order valence-electron chi connectivity index (χ2n) is 9.38. The molecular formula is C22H23N3O3S. The Balaban J connectivity index is 1.14. The lowest BCUT2D eigenvalue weighted by Gasteiger charge is -2.55. The van der Waals surface area contributed by atoms with E-state index in [4.69, 9.17) is 4.42 Å². The highest BCUT2D eigenvalue weighted by molar-refractivity contribution is 7.99. The van der Waals surface area contributed by atoms with Gasteiger partial charge in [0.1, 0.15) is 0 Å². The molecule has 0 atom stereocenters. The Morgan fingerprint density at radius 3 is 2.59 bits per heavy atom. The van der Waals surface area contributed by atoms with E-state index >= 15 is 0 Å². The van der Waals surface area contributed by atoms with Gasteiger partial charge in [0.05, 0.1) is 12.2 Å². The predicted molar refractivity (Wildman–Crippen MR) is 108 cm³/mol. The largest absolute Gasteiger partial charge is 0.415 e. The van der Waals surface area contributed by atoms with Crippen molar-refractivity contribution in [3.05, 3.63) is 35.2 Å². The van der Waals surface area contributed by atoms with Gasteiger partial charge in [-0.15, -0.1) is 10.2 Å². The summed E-state index contributed by atoms with van der Waals surface area (Å²) in [6, 6.07) is 5.38. The summed E-state index contributed by atoms with van der Waals surface area (Å²) >= 11 is 1.31. The average Bonchev–Trinajstić information content (AvgIpc) is 3.30. The number of anilines is 1. The summed E-state index contributed by atoms with van der Waals surface area (Å²) < 4.78 is 6.08. The minimum atomic E-state index is -0.0259. The number of hydrogen-bond donors (Lipinski definition) is 1. The highest BCUT2D eigenvalue weighted by Crippen LogP contribution is 2.60. The van der Waals surface area contributed by atoms with Crippen LogP contribution in [0.5, 0.6) is 0 Å². The molecule has 7 rings (SSSR count). The number of aromatic nitrogens is 2. The van der Waals surface area contributed by atoms with Gasteiger partial charge >= 0.3 is 0 Å². The van der Waals surface area contributed by atoms with Crippen LogP contribution < -0.4 is 5.32 Å². The van der Waals surface area contributed by atoms with Crippen molar-refractivity contribution in [3.63, 3.8) is 0 Å². The zero-order valence-electron chi connectivity index (χ0n) is 16.1. The molecule has 29 heavy (non-hydrogen) atoms. The number of fused-ring (bicyclic) bond motifs is 1. The summed E-state index contributed by atoms with van der Waals surface area (Å²) in [7, 11) is 0. The van der Waals surface area contributed by atoms with Crippen LogP contribution in [0, 0.1) is 17.8 Å². The Morgan fingerprint density at radius 2 is 1.86 bits per heavy atom. The highest BCUT2D eigenvalue weighted by atomic mass is 32.2. The lowest BCUT2D eigenvalue weighted by Crippen LogP contribution is -2.48. The van der Waals surface area contributed by atoms with E-state index in [1.165, 1.54) is 50.3 Å². The molecule has 2 aromatic rings. The van der Waals surface area contributed by atoms with Crippen LogP contribution >= 0.6 is 11.8 Å². The van der Waals surface area contributed by atoms with E-state index in [0.717, 1.165) is 34.9 Å². The van der Waals surface area contributed by atoms with Crippen LogP contribution in [0.2, 0.25) is 0 Å². The maximum atomic E-state index is 12.6. The zero-order chi connectivity index (χ0) is 19.6. The molecule has 7 heteroatoms. The quantitative estimate of drug-likeness (QED) is 0.593. The number of benzene rings is 1. The lowest BCUT2D eigenvalue weighted by atomic mass is 9.49. The van der Waals surface area contributed by atoms with Gasteiger partial charge < -0.3 is 9.73 Å². The molecule has 1 amide bonds. The molecule has 0 radical (unpaired) electrons. The van der Waals surface area contributed by atoms with E-state index in [1.54, 1.807) is 12.1 Å². The molecule has 1 aromatic carbocycles. The molecule has 0 spiro atoms. The molecule has 2 heterocycles. The monoisotopic (exact) mass is 409 g/mol. The highest BCUT2D eigenvalue weighted by Gasteiger charge is 2.54. The molecule has 4 fully saturated rings. The van der Waals surface area contributed by atoms with Crippen LogP contribution in [0.3, 0.4) is 0 Å². The molecule has 1 aliphatic heterocycles. The van der Waals surface area contributed by atoms with Gasteiger partial charge in [0.2, 0.25) is 11.8 Å². The zero-order valence-corrected chi connectivity index (χ0v) is 17.0. The van der Waals surface area contributed by atoms with E-state index in [9.17, 15) is 9.59 Å². The van der Waals surface area contributed by atoms with E-state index in [2.05, 4.69) is 15.5 Å². The molecule has 1 aromatic heterocycles. The molecule has 1 N–H and O–H groups in total. The van der Waals surface area contributed by atoms with Crippen molar-refractivity contribution in [2.75, 3.05) is 11.1 Å². The number of nitrogens with one attached hydrogen (secondary N) is 1. The van der Waals surface area contributed by atoms with Crippen molar-refractivity contribution in [3.8, 4) is 0 Å². The van der Waals surface area contributed by atoms with Gasteiger partial charge in [-0.1, -0.05) is 11.8 Å². The average molecular weight is 410 g/mol. The topological polar surface area (TPSA) is 85.1 Å². The standard InChI is InChI=1S/C22H23N3O3S/c26-18(15-1-2-17-16(6-15)7-19(27)23-17)11-29-21-25-24-20(28-21)22-8-12-3-13(9-22)5-14(4-12)10-22/h1-2,6,12-14H,3-5,7-11H2,(H,23,27). The SMILES string of the molecule is O=C1Cc2cc(C(=O)CSc3nnc(C45CC6CC(CC(C6)C4)C5)o3)ccc2N1. The first-order valence-corrected chi connectivity index (χ1v) is 11.5. The number of ketones is 1. The Morgan fingerprint density at radius 1 is 1.14 bits per heavy atom. The molecule has 0 unspecified atom stereocenters. The summed E-state index contributed by atoms with van der Waals surface area (Å²) in [5.74, 6) is 3.51. The van der Waals surface area contributed by atoms with Gasteiger partial charge in [-0.2, -0.15) is 0 Å². The summed E-state index contributed by atoms with van der Waals surface area (Å²) in [5.41, 5.74) is 2.39. The Kier molecular flexibility index (Phi) is 3.92. The van der Waals surface area contributed by atoms with Crippen molar-refractivity contribution in [2.24, 2.45) is 17.8 Å². The van der Waals surface area contributed by atoms with E-state index in [0.29, 0.717) is 17.2 Å². The van der Waals surface area contributed by atoms with Gasteiger partial charge in [0.15, 0.2) is 5.78 Å². The smallest absolute Gasteiger partial charge is 0.277 e. The molecule has 6 nitrogen and oxygen atoms in total. The van der Waals surface area contributed by atoms with Gasteiger partial charge in [-0.25, -0.2) is 0 Å². The van der Waals surface area contributed by atoms with Crippen LogP contribution in [0.1, 0.15) is 60.3 Å². The molecule has 4 saturated carbocycles. The summed E-state index contributed by atoms with van der Waals surface area (Å²) in [5, 5.41) is 11.9. The van der Waals surface area contributed by atoms with Crippen molar-refractivity contribution >= 4 is 29.1 Å². The first kappa shape index (κ1) is 17.7. The molecule has 4 bridgehead atoms. The number of nitrogens with zero attached hydrogens (tertiary/aromatic N) is 2. The minimum absolute atomic E-state index is 0.00621. The fraction of sp³-hybridized carbons (Fsp3) is 0.545. The number of amides is 1. The first-order chi connectivity index (χ1) is 14.1.